The first-order chi connectivity index (χ1) is 17.5. The maximum Gasteiger partial charge on any atom is 0.276 e. The Bertz CT molecular complexity index is 1440. The molecule has 4 rings (SSSR count). The molecule has 2 heterocycles. The van der Waals surface area contributed by atoms with Gasteiger partial charge in [-0.2, -0.15) is 10.1 Å². The fraction of sp³-hybridized carbons (Fsp3) is 0.0800. The van der Waals surface area contributed by atoms with E-state index in [-0.39, 0.29) is 23.0 Å². The normalized spacial score (nSPS) is 12.3. The number of aliphatic imine (C=N–C) groups is 1. The molecular weight excluding hydrogens is 461 g/mol. The van der Waals surface area contributed by atoms with E-state index in [1.165, 1.54) is 24.7 Å². The minimum Gasteiger partial charge on any atom is -0.392 e. The number of allylic oxidation sites excluding steroid dienone is 1. The predicted octanol–water partition coefficient (Wildman–Crippen LogP) is 3.68. The van der Waals surface area contributed by atoms with Crippen LogP contribution in [0, 0.1) is 5.82 Å². The molecule has 0 unspecified atom stereocenters. The van der Waals surface area contributed by atoms with Gasteiger partial charge >= 0.3 is 0 Å². The van der Waals surface area contributed by atoms with Crippen molar-refractivity contribution in [3.8, 4) is 11.4 Å². The van der Waals surface area contributed by atoms with Crippen LogP contribution in [0.1, 0.15) is 18.4 Å². The van der Waals surface area contributed by atoms with Gasteiger partial charge < -0.3 is 10.3 Å². The largest absolute Gasteiger partial charge is 0.392 e. The van der Waals surface area contributed by atoms with E-state index in [2.05, 4.69) is 31.8 Å². The van der Waals surface area contributed by atoms with Crippen LogP contribution in [0.2, 0.25) is 0 Å². The lowest BCUT2D eigenvalue weighted by Gasteiger charge is -2.24. The van der Waals surface area contributed by atoms with E-state index >= 15 is 0 Å². The van der Waals surface area contributed by atoms with Crippen molar-refractivity contribution in [2.75, 3.05) is 5.01 Å². The van der Waals surface area contributed by atoms with E-state index in [1.54, 1.807) is 42.4 Å². The Morgan fingerprint density at radius 3 is 2.83 bits per heavy atom. The highest BCUT2D eigenvalue weighted by molar-refractivity contribution is 5.73. The molecule has 0 aliphatic heterocycles. The second-order valence-electron chi connectivity index (χ2n) is 7.55. The summed E-state index contributed by atoms with van der Waals surface area (Å²) in [7, 11) is 0. The molecular formula is C25H24FN9O. The average Bonchev–Trinajstić information content (AvgIpc) is 3.57. The molecule has 36 heavy (non-hydrogen) atoms. The number of hydrazine groups is 1. The van der Waals surface area contributed by atoms with Gasteiger partial charge in [0, 0.05) is 18.0 Å². The molecule has 0 radical (unpaired) electrons. The topological polar surface area (TPSA) is 137 Å². The molecule has 0 amide bonds. The van der Waals surface area contributed by atoms with Crippen molar-refractivity contribution < 1.29 is 8.91 Å². The lowest BCUT2D eigenvalue weighted by molar-refractivity contribution is 0.407. The molecule has 0 spiro atoms. The molecule has 4 N–H and O–H groups in total. The number of hydrogen-bond acceptors (Lipinski definition) is 9. The number of nitrogens with zero attached hydrogens (tertiary/aromatic N) is 7. The molecule has 0 fully saturated rings. The van der Waals surface area contributed by atoms with Crippen LogP contribution in [-0.4, -0.2) is 31.1 Å². The van der Waals surface area contributed by atoms with Crippen LogP contribution in [0.3, 0.4) is 0 Å². The maximum atomic E-state index is 14.5. The van der Waals surface area contributed by atoms with Crippen molar-refractivity contribution in [3.63, 3.8) is 0 Å². The van der Waals surface area contributed by atoms with E-state index in [1.807, 2.05) is 24.3 Å². The fourth-order valence-electron chi connectivity index (χ4n) is 3.38. The first-order valence-electron chi connectivity index (χ1n) is 10.9. The van der Waals surface area contributed by atoms with Crippen LogP contribution in [0.5, 0.6) is 0 Å². The third-order valence-electron chi connectivity index (χ3n) is 5.08. The first-order valence-corrected chi connectivity index (χ1v) is 10.9. The summed E-state index contributed by atoms with van der Waals surface area (Å²) < 4.78 is 21.7. The Balaban J connectivity index is 1.71. The molecule has 182 valence electrons. The van der Waals surface area contributed by atoms with Gasteiger partial charge in [0.1, 0.15) is 24.2 Å². The van der Waals surface area contributed by atoms with Crippen LogP contribution in [0.15, 0.2) is 101 Å². The maximum absolute atomic E-state index is 14.5. The molecule has 2 aromatic carbocycles. The van der Waals surface area contributed by atoms with Gasteiger partial charge in [-0.3, -0.25) is 10.0 Å². The summed E-state index contributed by atoms with van der Waals surface area (Å²) in [5.74, 6) is 6.09. The third-order valence-corrected chi connectivity index (χ3v) is 5.08. The number of anilines is 1. The van der Waals surface area contributed by atoms with Crippen molar-refractivity contribution in [2.24, 2.45) is 16.6 Å². The number of halogens is 1. The van der Waals surface area contributed by atoms with E-state index in [4.69, 9.17) is 16.1 Å². The number of rotatable bonds is 9. The molecule has 0 aliphatic carbocycles. The summed E-state index contributed by atoms with van der Waals surface area (Å²) in [6, 6.07) is 13.6. The second-order valence-corrected chi connectivity index (χ2v) is 7.55. The van der Waals surface area contributed by atoms with Gasteiger partial charge in [0.2, 0.25) is 5.82 Å². The van der Waals surface area contributed by atoms with Gasteiger partial charge in [0.25, 0.3) is 5.89 Å². The highest BCUT2D eigenvalue weighted by Gasteiger charge is 2.22. The van der Waals surface area contributed by atoms with E-state index in [0.29, 0.717) is 23.5 Å². The Morgan fingerprint density at radius 1 is 1.25 bits per heavy atom. The van der Waals surface area contributed by atoms with Crippen LogP contribution in [0.4, 0.5) is 10.1 Å². The summed E-state index contributed by atoms with van der Waals surface area (Å²) in [4.78, 5) is 12.4. The number of nitrogens with two attached hydrogens (primary N) is 2. The predicted molar refractivity (Wildman–Crippen MR) is 135 cm³/mol. The zero-order valence-electron chi connectivity index (χ0n) is 19.5. The number of para-hydroxylation sites is 1. The fourth-order valence-corrected chi connectivity index (χ4v) is 3.38. The first kappa shape index (κ1) is 24.2. The highest BCUT2D eigenvalue weighted by atomic mass is 19.1. The molecule has 2 aromatic heterocycles. The summed E-state index contributed by atoms with van der Waals surface area (Å²) in [6.07, 6.45) is 7.82. The van der Waals surface area contributed by atoms with Crippen LogP contribution in [0.25, 0.3) is 17.1 Å². The summed E-state index contributed by atoms with van der Waals surface area (Å²) in [5, 5.41) is 9.28. The summed E-state index contributed by atoms with van der Waals surface area (Å²) in [5.41, 5.74) is 8.76. The smallest absolute Gasteiger partial charge is 0.276 e. The van der Waals surface area contributed by atoms with Crippen LogP contribution in [-0.2, 0) is 6.54 Å². The van der Waals surface area contributed by atoms with Crippen molar-refractivity contribution in [1.29, 1.82) is 0 Å². The van der Waals surface area contributed by atoms with Gasteiger partial charge in [-0.15, -0.1) is 0 Å². The van der Waals surface area contributed by atoms with E-state index in [0.717, 1.165) is 10.6 Å². The molecule has 0 saturated carbocycles. The summed E-state index contributed by atoms with van der Waals surface area (Å²) in [6.45, 7) is 6.32. The molecule has 0 bridgehead atoms. The lowest BCUT2D eigenvalue weighted by atomic mass is 10.1. The Hall–Kier alpha value is -4.90. The molecule has 0 atom stereocenters. The van der Waals surface area contributed by atoms with Crippen LogP contribution >= 0.6 is 0 Å². The van der Waals surface area contributed by atoms with E-state index < -0.39 is 5.82 Å². The van der Waals surface area contributed by atoms with Gasteiger partial charge in [-0.05, 0) is 42.3 Å². The number of hydrogen-bond donors (Lipinski definition) is 2. The summed E-state index contributed by atoms with van der Waals surface area (Å²) >= 11 is 0. The second kappa shape index (κ2) is 11.0. The third kappa shape index (κ3) is 5.42. The number of benzene rings is 2. The van der Waals surface area contributed by atoms with Crippen molar-refractivity contribution in [1.82, 2.24) is 24.9 Å². The van der Waals surface area contributed by atoms with Gasteiger partial charge in [-0.1, -0.05) is 42.1 Å². The SMILES string of the molecule is C=C(/C=C\N=C/C)/C(=C(/N)c1nc(-c2cccc(Cn3cncn3)c2)no1)N(N)c1ccccc1F. The van der Waals surface area contributed by atoms with Crippen LogP contribution < -0.4 is 16.6 Å². The van der Waals surface area contributed by atoms with Crippen molar-refractivity contribution >= 4 is 17.6 Å². The van der Waals surface area contributed by atoms with Crippen molar-refractivity contribution in [2.45, 2.75) is 13.5 Å². The molecule has 11 heteroatoms. The lowest BCUT2D eigenvalue weighted by Crippen LogP contribution is -2.33. The minimum atomic E-state index is -0.538. The Labute approximate surface area is 206 Å². The molecule has 10 nitrogen and oxygen atoms in total. The zero-order valence-corrected chi connectivity index (χ0v) is 19.5. The van der Waals surface area contributed by atoms with Crippen molar-refractivity contribution in [3.05, 3.63) is 109 Å². The highest BCUT2D eigenvalue weighted by Crippen LogP contribution is 2.28. The van der Waals surface area contributed by atoms with Gasteiger partial charge in [0.05, 0.1) is 17.9 Å². The quantitative estimate of drug-likeness (QED) is 0.158. The van der Waals surface area contributed by atoms with Gasteiger partial charge in [-0.25, -0.2) is 19.9 Å². The standard InChI is InChI=1S/C25H24FN9O/c1-3-29-12-11-17(2)23(35(28)21-10-5-4-9-20(21)26)22(27)25-32-24(33-36-25)19-8-6-7-18(13-19)14-34-16-30-15-31-34/h3-13,15-16H,2,14,27-28H2,1H3/b12-11-,23-22-,29-3-. The number of aromatic nitrogens is 5. The minimum absolute atomic E-state index is 0.00186. The molecule has 0 saturated heterocycles. The molecule has 0 aliphatic rings. The monoisotopic (exact) mass is 485 g/mol. The van der Waals surface area contributed by atoms with Gasteiger partial charge in [0.15, 0.2) is 0 Å². The average molecular weight is 486 g/mol. The Morgan fingerprint density at radius 2 is 2.08 bits per heavy atom. The Kier molecular flexibility index (Phi) is 7.42. The van der Waals surface area contributed by atoms with E-state index in [9.17, 15) is 4.39 Å². The molecule has 4 aromatic rings. The zero-order chi connectivity index (χ0) is 25.5.